The third-order valence-corrected chi connectivity index (χ3v) is 8.64. The van der Waals surface area contributed by atoms with E-state index < -0.39 is 11.9 Å². The minimum absolute atomic E-state index is 0.0362. The molecule has 8 nitrogen and oxygen atoms in total. The molecule has 3 heterocycles. The number of aryl methyl sites for hydroxylation is 1. The van der Waals surface area contributed by atoms with E-state index in [1.165, 1.54) is 36.9 Å². The number of benzene rings is 2. The molecule has 1 aromatic heterocycles. The Balaban J connectivity index is 1.07. The number of hydrogen-bond acceptors (Lipinski definition) is 6. The second-order valence-electron chi connectivity index (χ2n) is 11.0. The molecule has 198 valence electrons. The molecule has 0 unspecified atom stereocenters. The maximum absolute atomic E-state index is 13.2. The van der Waals surface area contributed by atoms with Gasteiger partial charge in [0.05, 0.1) is 6.04 Å². The smallest absolute Gasteiger partial charge is 0.291 e. The lowest BCUT2D eigenvalue weighted by Gasteiger charge is -2.45. The van der Waals surface area contributed by atoms with Gasteiger partial charge in [-0.3, -0.25) is 14.7 Å². The molecule has 1 amide bonds. The number of aromatic amines is 1. The van der Waals surface area contributed by atoms with Crippen molar-refractivity contribution in [2.45, 2.75) is 57.4 Å². The van der Waals surface area contributed by atoms with Crippen LogP contribution in [-0.4, -0.2) is 59.2 Å². The fraction of sp³-hybridized carbons (Fsp3) is 0.467. The third-order valence-electron chi connectivity index (χ3n) is 8.64. The quantitative estimate of drug-likeness (QED) is 0.505. The van der Waals surface area contributed by atoms with Crippen LogP contribution in [0.15, 0.2) is 48.5 Å². The van der Waals surface area contributed by atoms with E-state index in [0.29, 0.717) is 30.5 Å². The standard InChI is InChI=1S/C30H35N5O3/c36-26-20-23-19-24(35-14-10-30(11-15-35)12-16-38-17-13-30)8-6-22(23)7-9-25(26)31-29(37)28-32-27(33-34-28)18-21-4-2-1-3-5-21/h1-6,8,19,25H,7,9-18,20H2,(H,31,37)(H,32,33,34)/t25-/m1/s1. The lowest BCUT2D eigenvalue weighted by Crippen LogP contribution is -2.43. The van der Waals surface area contributed by atoms with Crippen LogP contribution in [0.25, 0.3) is 0 Å². The summed E-state index contributed by atoms with van der Waals surface area (Å²) < 4.78 is 5.59. The topological polar surface area (TPSA) is 100 Å². The largest absolute Gasteiger partial charge is 0.381 e. The minimum Gasteiger partial charge on any atom is -0.381 e. The Morgan fingerprint density at radius 1 is 1.05 bits per heavy atom. The van der Waals surface area contributed by atoms with Gasteiger partial charge in [-0.25, -0.2) is 4.98 Å². The number of H-pyrrole nitrogens is 1. The number of Topliss-reactive ketones (excluding diaryl/α,β-unsaturated/α-hetero) is 1. The molecule has 2 aromatic carbocycles. The van der Waals surface area contributed by atoms with Gasteiger partial charge in [-0.15, -0.1) is 5.10 Å². The van der Waals surface area contributed by atoms with Crippen molar-refractivity contribution in [3.63, 3.8) is 0 Å². The average molecular weight is 514 g/mol. The number of piperidine rings is 1. The molecule has 0 saturated carbocycles. The molecule has 8 heteroatoms. The lowest BCUT2D eigenvalue weighted by molar-refractivity contribution is -0.120. The van der Waals surface area contributed by atoms with Crippen LogP contribution in [0.1, 0.15) is 65.2 Å². The predicted molar refractivity (Wildman–Crippen MR) is 144 cm³/mol. The van der Waals surface area contributed by atoms with Gasteiger partial charge in [0.1, 0.15) is 5.82 Å². The number of hydrogen-bond donors (Lipinski definition) is 2. The van der Waals surface area contributed by atoms with Gasteiger partial charge in [-0.1, -0.05) is 36.4 Å². The fourth-order valence-electron chi connectivity index (χ4n) is 6.17. The number of amides is 1. The summed E-state index contributed by atoms with van der Waals surface area (Å²) in [5, 5.41) is 9.83. The van der Waals surface area contributed by atoms with E-state index in [2.05, 4.69) is 43.6 Å². The summed E-state index contributed by atoms with van der Waals surface area (Å²) in [6.45, 7) is 3.89. The predicted octanol–water partition coefficient (Wildman–Crippen LogP) is 3.65. The number of anilines is 1. The molecule has 3 aromatic rings. The van der Waals surface area contributed by atoms with E-state index in [1.54, 1.807) is 0 Å². The second-order valence-corrected chi connectivity index (χ2v) is 11.0. The Kier molecular flexibility index (Phi) is 6.98. The Morgan fingerprint density at radius 2 is 1.84 bits per heavy atom. The molecule has 3 aliphatic rings. The Morgan fingerprint density at radius 3 is 2.63 bits per heavy atom. The number of rotatable bonds is 5. The van der Waals surface area contributed by atoms with Gasteiger partial charge in [-0.05, 0) is 72.8 Å². The van der Waals surface area contributed by atoms with Crippen LogP contribution < -0.4 is 10.2 Å². The number of nitrogens with zero attached hydrogens (tertiary/aromatic N) is 3. The van der Waals surface area contributed by atoms with Crippen LogP contribution in [0.3, 0.4) is 0 Å². The van der Waals surface area contributed by atoms with Crippen molar-refractivity contribution in [3.05, 3.63) is 76.9 Å². The Bertz CT molecular complexity index is 1290. The number of ether oxygens (including phenoxy) is 1. The third kappa shape index (κ3) is 5.36. The SMILES string of the molecule is O=C(N[C@@H]1CCc2ccc(N3CCC4(CCOCC4)CC3)cc2CC1=O)c1n[nH]c(Cc2ccccc2)n1. The van der Waals surface area contributed by atoms with Gasteiger partial charge < -0.3 is 15.0 Å². The zero-order valence-electron chi connectivity index (χ0n) is 21.7. The number of aromatic nitrogens is 3. The molecular formula is C30H35N5O3. The number of ketones is 1. The van der Waals surface area contributed by atoms with E-state index in [-0.39, 0.29) is 11.6 Å². The second kappa shape index (κ2) is 10.7. The fourth-order valence-corrected chi connectivity index (χ4v) is 6.17. The molecule has 1 aliphatic carbocycles. The van der Waals surface area contributed by atoms with Crippen LogP contribution in [0.5, 0.6) is 0 Å². The molecule has 2 N–H and O–H groups in total. The molecule has 2 fully saturated rings. The molecule has 0 radical (unpaired) electrons. The summed E-state index contributed by atoms with van der Waals surface area (Å²) in [6.07, 6.45) is 6.98. The first-order valence-corrected chi connectivity index (χ1v) is 13.8. The molecule has 6 rings (SSSR count). The number of carbonyl (C=O) groups is 2. The highest BCUT2D eigenvalue weighted by Crippen LogP contribution is 2.41. The number of fused-ring (bicyclic) bond motifs is 1. The van der Waals surface area contributed by atoms with Gasteiger partial charge in [0.2, 0.25) is 5.82 Å². The van der Waals surface area contributed by atoms with Crippen LogP contribution in [0.4, 0.5) is 5.69 Å². The first kappa shape index (κ1) is 24.8. The Hall–Kier alpha value is -3.52. The zero-order valence-corrected chi connectivity index (χ0v) is 21.7. The summed E-state index contributed by atoms with van der Waals surface area (Å²) in [5.41, 5.74) is 5.01. The summed E-state index contributed by atoms with van der Waals surface area (Å²) in [7, 11) is 0. The molecule has 1 atom stereocenters. The van der Waals surface area contributed by atoms with Gasteiger partial charge in [0.25, 0.3) is 5.91 Å². The number of carbonyl (C=O) groups excluding carboxylic acids is 2. The number of nitrogens with one attached hydrogen (secondary N) is 2. The van der Waals surface area contributed by atoms with Crippen molar-refractivity contribution in [3.8, 4) is 0 Å². The summed E-state index contributed by atoms with van der Waals surface area (Å²) >= 11 is 0. The van der Waals surface area contributed by atoms with Crippen molar-refractivity contribution in [1.29, 1.82) is 0 Å². The van der Waals surface area contributed by atoms with Crippen LogP contribution in [0, 0.1) is 5.41 Å². The summed E-state index contributed by atoms with van der Waals surface area (Å²) in [6, 6.07) is 15.9. The van der Waals surface area contributed by atoms with Crippen molar-refractivity contribution in [1.82, 2.24) is 20.5 Å². The van der Waals surface area contributed by atoms with E-state index >= 15 is 0 Å². The highest BCUT2D eigenvalue weighted by Gasteiger charge is 2.36. The van der Waals surface area contributed by atoms with Crippen molar-refractivity contribution in [2.24, 2.45) is 5.41 Å². The molecule has 2 saturated heterocycles. The molecule has 1 spiro atoms. The van der Waals surface area contributed by atoms with E-state index in [0.717, 1.165) is 43.9 Å². The zero-order chi connectivity index (χ0) is 26.0. The molecule has 38 heavy (non-hydrogen) atoms. The minimum atomic E-state index is -0.544. The maximum Gasteiger partial charge on any atom is 0.291 e. The molecular weight excluding hydrogens is 478 g/mol. The van der Waals surface area contributed by atoms with Gasteiger partial charge in [0, 0.05) is 44.8 Å². The van der Waals surface area contributed by atoms with Gasteiger partial charge >= 0.3 is 0 Å². The lowest BCUT2D eigenvalue weighted by atomic mass is 9.72. The summed E-state index contributed by atoms with van der Waals surface area (Å²) in [5.74, 6) is 0.309. The monoisotopic (exact) mass is 513 g/mol. The normalized spacial score (nSPS) is 21.1. The van der Waals surface area contributed by atoms with Gasteiger partial charge in [0.15, 0.2) is 5.78 Å². The van der Waals surface area contributed by atoms with Crippen molar-refractivity contribution < 1.29 is 14.3 Å². The van der Waals surface area contributed by atoms with Crippen LogP contribution in [0.2, 0.25) is 0 Å². The Labute approximate surface area is 223 Å². The van der Waals surface area contributed by atoms with Crippen LogP contribution in [-0.2, 0) is 28.8 Å². The highest BCUT2D eigenvalue weighted by atomic mass is 16.5. The maximum atomic E-state index is 13.2. The van der Waals surface area contributed by atoms with E-state index in [9.17, 15) is 9.59 Å². The molecule has 2 aliphatic heterocycles. The van der Waals surface area contributed by atoms with E-state index in [1.807, 2.05) is 30.3 Å². The van der Waals surface area contributed by atoms with Crippen LogP contribution >= 0.6 is 0 Å². The first-order chi connectivity index (χ1) is 18.6. The van der Waals surface area contributed by atoms with Gasteiger partial charge in [-0.2, -0.15) is 0 Å². The highest BCUT2D eigenvalue weighted by molar-refractivity contribution is 5.96. The summed E-state index contributed by atoms with van der Waals surface area (Å²) in [4.78, 5) is 32.9. The first-order valence-electron chi connectivity index (χ1n) is 13.8. The average Bonchev–Trinajstić information content (AvgIpc) is 3.35. The van der Waals surface area contributed by atoms with E-state index in [4.69, 9.17) is 4.74 Å². The van der Waals surface area contributed by atoms with Crippen molar-refractivity contribution >= 4 is 17.4 Å². The van der Waals surface area contributed by atoms with Crippen molar-refractivity contribution in [2.75, 3.05) is 31.2 Å². The molecule has 0 bridgehead atoms.